The number of fused-ring (bicyclic) bond motifs is 5. The van der Waals surface area contributed by atoms with Crippen LogP contribution < -0.4 is 0 Å². The van der Waals surface area contributed by atoms with E-state index in [1.165, 1.54) is 51.4 Å². The SMILES string of the molecule is C/C=C1/C[C@@H](C2CC2)[C@H]2[C@@H]3CC[C@@H]4C[C@](C)(O)CC[C@@H]4[C@H]3CC[C@]12C. The van der Waals surface area contributed by atoms with Gasteiger partial charge in [0.25, 0.3) is 0 Å². The molecular formula is C24H38O. The van der Waals surface area contributed by atoms with Gasteiger partial charge in [-0.3, -0.25) is 0 Å². The molecule has 5 aliphatic carbocycles. The fraction of sp³-hybridized carbons (Fsp3) is 0.917. The second kappa shape index (κ2) is 5.60. The van der Waals surface area contributed by atoms with Gasteiger partial charge in [-0.15, -0.1) is 0 Å². The van der Waals surface area contributed by atoms with E-state index in [4.69, 9.17) is 0 Å². The van der Waals surface area contributed by atoms with Gasteiger partial charge in [-0.25, -0.2) is 0 Å². The maximum Gasteiger partial charge on any atom is 0.0622 e. The lowest BCUT2D eigenvalue weighted by molar-refractivity contribution is -0.0980. The van der Waals surface area contributed by atoms with Crippen molar-refractivity contribution < 1.29 is 5.11 Å². The van der Waals surface area contributed by atoms with Crippen molar-refractivity contribution in [3.8, 4) is 0 Å². The summed E-state index contributed by atoms with van der Waals surface area (Å²) >= 11 is 0. The van der Waals surface area contributed by atoms with Crippen molar-refractivity contribution in [3.63, 3.8) is 0 Å². The predicted molar refractivity (Wildman–Crippen MR) is 103 cm³/mol. The van der Waals surface area contributed by atoms with Gasteiger partial charge in [0.2, 0.25) is 0 Å². The van der Waals surface area contributed by atoms with Crippen LogP contribution in [0.1, 0.15) is 85.0 Å². The zero-order valence-electron chi connectivity index (χ0n) is 16.6. The lowest BCUT2D eigenvalue weighted by Crippen LogP contribution is -2.51. The Bertz CT molecular complexity index is 571. The lowest BCUT2D eigenvalue weighted by atomic mass is 9.48. The molecule has 5 fully saturated rings. The van der Waals surface area contributed by atoms with Crippen molar-refractivity contribution in [2.45, 2.75) is 90.6 Å². The van der Waals surface area contributed by atoms with E-state index in [9.17, 15) is 5.11 Å². The molecule has 0 spiro atoms. The minimum Gasteiger partial charge on any atom is -0.390 e. The molecule has 140 valence electrons. The van der Waals surface area contributed by atoms with E-state index in [1.807, 2.05) is 5.57 Å². The highest BCUT2D eigenvalue weighted by Crippen LogP contribution is 2.68. The van der Waals surface area contributed by atoms with Gasteiger partial charge >= 0.3 is 0 Å². The molecule has 5 saturated carbocycles. The molecule has 0 aromatic carbocycles. The number of hydrogen-bond donors (Lipinski definition) is 1. The molecule has 0 heterocycles. The molecular weight excluding hydrogens is 304 g/mol. The quantitative estimate of drug-likeness (QED) is 0.582. The van der Waals surface area contributed by atoms with E-state index in [0.717, 1.165) is 54.3 Å². The van der Waals surface area contributed by atoms with E-state index in [2.05, 4.69) is 26.8 Å². The van der Waals surface area contributed by atoms with Crippen LogP contribution in [0.4, 0.5) is 0 Å². The number of aliphatic hydroxyl groups is 1. The molecule has 1 nitrogen and oxygen atoms in total. The Morgan fingerprint density at radius 1 is 0.840 bits per heavy atom. The number of rotatable bonds is 1. The van der Waals surface area contributed by atoms with Crippen LogP contribution in [0, 0.1) is 46.8 Å². The Morgan fingerprint density at radius 2 is 1.56 bits per heavy atom. The molecule has 0 unspecified atom stereocenters. The molecule has 1 N–H and O–H groups in total. The smallest absolute Gasteiger partial charge is 0.0622 e. The summed E-state index contributed by atoms with van der Waals surface area (Å²) in [6.45, 7) is 7.04. The standard InChI is InChI=1S/C24H38O/c1-4-17-13-21(15-5-6-15)22-20-8-7-16-14-23(2,25)11-9-18(16)19(20)10-12-24(17,22)3/h4,15-16,18-22,25H,5-14H2,1-3H3/b17-4-/t16-,18+,19-,20-,21+,22-,23-,24-/m1/s1. The fourth-order valence-corrected chi connectivity index (χ4v) is 8.54. The Hall–Kier alpha value is -0.300. The highest BCUT2D eigenvalue weighted by molar-refractivity contribution is 5.26. The van der Waals surface area contributed by atoms with Crippen LogP contribution in [-0.4, -0.2) is 10.7 Å². The molecule has 0 radical (unpaired) electrons. The highest BCUT2D eigenvalue weighted by Gasteiger charge is 2.60. The molecule has 0 bridgehead atoms. The lowest BCUT2D eigenvalue weighted by Gasteiger charge is -2.57. The van der Waals surface area contributed by atoms with Crippen molar-refractivity contribution in [1.29, 1.82) is 0 Å². The minimum atomic E-state index is -0.376. The van der Waals surface area contributed by atoms with Crippen LogP contribution in [0.25, 0.3) is 0 Å². The summed E-state index contributed by atoms with van der Waals surface area (Å²) in [7, 11) is 0. The average Bonchev–Trinajstić information content (AvgIpc) is 3.36. The van der Waals surface area contributed by atoms with Crippen molar-refractivity contribution in [3.05, 3.63) is 11.6 Å². The van der Waals surface area contributed by atoms with E-state index < -0.39 is 0 Å². The molecule has 0 amide bonds. The second-order valence-corrected chi connectivity index (χ2v) is 11.1. The molecule has 0 saturated heterocycles. The van der Waals surface area contributed by atoms with Crippen molar-refractivity contribution in [1.82, 2.24) is 0 Å². The van der Waals surface area contributed by atoms with E-state index in [-0.39, 0.29) is 5.60 Å². The third kappa shape index (κ3) is 2.51. The maximum atomic E-state index is 10.6. The van der Waals surface area contributed by atoms with Crippen LogP contribution in [0.15, 0.2) is 11.6 Å². The van der Waals surface area contributed by atoms with Crippen LogP contribution in [0.2, 0.25) is 0 Å². The summed E-state index contributed by atoms with van der Waals surface area (Å²) in [5.41, 5.74) is 1.97. The highest BCUT2D eigenvalue weighted by atomic mass is 16.3. The van der Waals surface area contributed by atoms with Gasteiger partial charge in [-0.2, -0.15) is 0 Å². The molecule has 0 aliphatic heterocycles. The minimum absolute atomic E-state index is 0.376. The zero-order valence-corrected chi connectivity index (χ0v) is 16.6. The molecule has 0 aromatic rings. The molecule has 5 aliphatic rings. The van der Waals surface area contributed by atoms with Crippen molar-refractivity contribution in [2.24, 2.45) is 46.8 Å². The van der Waals surface area contributed by atoms with E-state index >= 15 is 0 Å². The third-order valence-corrected chi connectivity index (χ3v) is 9.71. The average molecular weight is 343 g/mol. The molecule has 8 atom stereocenters. The first-order valence-corrected chi connectivity index (χ1v) is 11.3. The van der Waals surface area contributed by atoms with Gasteiger partial charge < -0.3 is 5.11 Å². The van der Waals surface area contributed by atoms with Crippen LogP contribution in [0.5, 0.6) is 0 Å². The summed E-state index contributed by atoms with van der Waals surface area (Å²) in [4.78, 5) is 0. The topological polar surface area (TPSA) is 20.2 Å². The second-order valence-electron chi connectivity index (χ2n) is 11.1. The fourth-order valence-electron chi connectivity index (χ4n) is 8.54. The van der Waals surface area contributed by atoms with Crippen LogP contribution >= 0.6 is 0 Å². The number of allylic oxidation sites excluding steroid dienone is 2. The number of hydrogen-bond acceptors (Lipinski definition) is 1. The van der Waals surface area contributed by atoms with Gasteiger partial charge in [0, 0.05) is 0 Å². The summed E-state index contributed by atoms with van der Waals surface area (Å²) in [6, 6.07) is 0. The zero-order chi connectivity index (χ0) is 17.4. The van der Waals surface area contributed by atoms with Gasteiger partial charge in [-0.05, 0) is 125 Å². The van der Waals surface area contributed by atoms with Gasteiger partial charge in [0.1, 0.15) is 0 Å². The summed E-state index contributed by atoms with van der Waals surface area (Å²) in [5, 5.41) is 10.6. The summed E-state index contributed by atoms with van der Waals surface area (Å²) < 4.78 is 0. The summed E-state index contributed by atoms with van der Waals surface area (Å²) in [6.07, 6.45) is 16.2. The Kier molecular flexibility index (Phi) is 3.77. The molecule has 0 aromatic heterocycles. The first-order chi connectivity index (χ1) is 11.9. The Labute approximate surface area is 154 Å². The Morgan fingerprint density at radius 3 is 2.28 bits per heavy atom. The van der Waals surface area contributed by atoms with Gasteiger partial charge in [0.15, 0.2) is 0 Å². The molecule has 5 rings (SSSR count). The van der Waals surface area contributed by atoms with Gasteiger partial charge in [-0.1, -0.05) is 18.6 Å². The summed E-state index contributed by atoms with van der Waals surface area (Å²) in [5.74, 6) is 6.76. The first kappa shape index (κ1) is 16.8. The maximum absolute atomic E-state index is 10.6. The predicted octanol–water partition coefficient (Wildman–Crippen LogP) is 5.97. The van der Waals surface area contributed by atoms with Crippen LogP contribution in [0.3, 0.4) is 0 Å². The third-order valence-electron chi connectivity index (χ3n) is 9.71. The molecule has 1 heteroatoms. The Balaban J connectivity index is 1.45. The van der Waals surface area contributed by atoms with Crippen molar-refractivity contribution in [2.75, 3.05) is 0 Å². The van der Waals surface area contributed by atoms with E-state index in [0.29, 0.717) is 5.41 Å². The van der Waals surface area contributed by atoms with Crippen LogP contribution in [-0.2, 0) is 0 Å². The first-order valence-electron chi connectivity index (χ1n) is 11.3. The monoisotopic (exact) mass is 342 g/mol. The van der Waals surface area contributed by atoms with E-state index in [1.54, 1.807) is 0 Å². The largest absolute Gasteiger partial charge is 0.390 e. The van der Waals surface area contributed by atoms with Crippen molar-refractivity contribution >= 4 is 0 Å². The normalized spacial score (nSPS) is 57.0. The molecule has 25 heavy (non-hydrogen) atoms. The van der Waals surface area contributed by atoms with Gasteiger partial charge in [0.05, 0.1) is 5.60 Å².